The summed E-state index contributed by atoms with van der Waals surface area (Å²) in [4.78, 5) is 4.43. The highest BCUT2D eigenvalue weighted by atomic mass is 32.1. The van der Waals surface area contributed by atoms with E-state index < -0.39 is 0 Å². The van der Waals surface area contributed by atoms with E-state index in [0.29, 0.717) is 4.77 Å². The molecule has 0 fully saturated rings. The molecule has 0 atom stereocenters. The fourth-order valence-corrected chi connectivity index (χ4v) is 2.30. The molecule has 4 heteroatoms. The smallest absolute Gasteiger partial charge is 0.201 e. The lowest BCUT2D eigenvalue weighted by molar-refractivity contribution is 0.612. The van der Waals surface area contributed by atoms with Crippen molar-refractivity contribution in [3.63, 3.8) is 0 Å². The van der Waals surface area contributed by atoms with Crippen molar-refractivity contribution in [2.75, 3.05) is 11.9 Å². The predicted molar refractivity (Wildman–Crippen MR) is 63.7 cm³/mol. The number of aromatic nitrogens is 2. The van der Waals surface area contributed by atoms with Crippen molar-refractivity contribution < 1.29 is 0 Å². The number of hydrogen-bond acceptors (Lipinski definition) is 3. The molecule has 3 nitrogen and oxygen atoms in total. The molecule has 0 saturated heterocycles. The van der Waals surface area contributed by atoms with Gasteiger partial charge in [0.2, 0.25) is 4.77 Å². The second-order valence-corrected chi connectivity index (χ2v) is 4.06. The monoisotopic (exact) mass is 217 g/mol. The quantitative estimate of drug-likeness (QED) is 0.688. The van der Waals surface area contributed by atoms with Crippen LogP contribution in [0.15, 0.2) is 24.3 Å². The molecule has 2 heterocycles. The Hall–Kier alpha value is -1.42. The summed E-state index contributed by atoms with van der Waals surface area (Å²) in [6.45, 7) is 1.99. The van der Waals surface area contributed by atoms with Gasteiger partial charge in [-0.3, -0.25) is 0 Å². The van der Waals surface area contributed by atoms with E-state index in [1.807, 2.05) is 18.2 Å². The highest BCUT2D eigenvalue weighted by molar-refractivity contribution is 7.71. The molecule has 0 bridgehead atoms. The summed E-state index contributed by atoms with van der Waals surface area (Å²) in [5.41, 5.74) is 0.975. The first-order valence-electron chi connectivity index (χ1n) is 5.10. The molecule has 1 aliphatic heterocycles. The highest BCUT2D eigenvalue weighted by Gasteiger charge is 2.11. The summed E-state index contributed by atoms with van der Waals surface area (Å²) in [6.07, 6.45) is 1.11. The molecule has 0 spiro atoms. The van der Waals surface area contributed by atoms with E-state index in [9.17, 15) is 0 Å². The lowest BCUT2D eigenvalue weighted by Gasteiger charge is -2.21. The van der Waals surface area contributed by atoms with Gasteiger partial charge in [0.1, 0.15) is 5.82 Å². The first kappa shape index (κ1) is 8.85. The molecule has 15 heavy (non-hydrogen) atoms. The molecule has 76 valence electrons. The van der Waals surface area contributed by atoms with Crippen LogP contribution in [0, 0.1) is 4.77 Å². The van der Waals surface area contributed by atoms with Crippen LogP contribution in [-0.2, 0) is 6.54 Å². The average molecular weight is 217 g/mol. The molecule has 0 amide bonds. The van der Waals surface area contributed by atoms with Gasteiger partial charge >= 0.3 is 0 Å². The zero-order valence-corrected chi connectivity index (χ0v) is 9.05. The van der Waals surface area contributed by atoms with Gasteiger partial charge in [-0.05, 0) is 30.8 Å². The Bertz CT molecular complexity index is 574. The zero-order chi connectivity index (χ0) is 10.3. The number of benzene rings is 1. The van der Waals surface area contributed by atoms with Crippen molar-refractivity contribution >= 4 is 28.9 Å². The Balaban J connectivity index is 2.44. The van der Waals surface area contributed by atoms with Gasteiger partial charge in [-0.25, -0.2) is 4.98 Å². The van der Waals surface area contributed by atoms with E-state index >= 15 is 0 Å². The van der Waals surface area contributed by atoms with Crippen molar-refractivity contribution in [1.29, 1.82) is 0 Å². The number of nitrogens with zero attached hydrogens (tertiary/aromatic N) is 2. The summed E-state index contributed by atoms with van der Waals surface area (Å²) >= 11 is 5.28. The summed E-state index contributed by atoms with van der Waals surface area (Å²) in [7, 11) is 0. The van der Waals surface area contributed by atoms with Crippen LogP contribution in [0.25, 0.3) is 10.9 Å². The SMILES string of the molecule is S=c1nc2ccccc2c2n1CCCN2. The molecule has 0 unspecified atom stereocenters. The highest BCUT2D eigenvalue weighted by Crippen LogP contribution is 2.24. The molecule has 1 N–H and O–H groups in total. The van der Waals surface area contributed by atoms with E-state index in [4.69, 9.17) is 12.2 Å². The van der Waals surface area contributed by atoms with Gasteiger partial charge in [0.05, 0.1) is 5.52 Å². The van der Waals surface area contributed by atoms with Gasteiger partial charge in [-0.2, -0.15) is 0 Å². The maximum absolute atomic E-state index is 5.28. The summed E-state index contributed by atoms with van der Waals surface area (Å²) in [6, 6.07) is 8.11. The third kappa shape index (κ3) is 1.33. The van der Waals surface area contributed by atoms with Gasteiger partial charge in [-0.15, -0.1) is 0 Å². The topological polar surface area (TPSA) is 29.9 Å². The van der Waals surface area contributed by atoms with E-state index in [0.717, 1.165) is 36.2 Å². The summed E-state index contributed by atoms with van der Waals surface area (Å²) in [5.74, 6) is 1.12. The second-order valence-electron chi connectivity index (χ2n) is 3.69. The van der Waals surface area contributed by atoms with Gasteiger partial charge in [0.15, 0.2) is 0 Å². The Kier molecular flexibility index (Phi) is 1.95. The number of rotatable bonds is 0. The second kappa shape index (κ2) is 3.31. The largest absolute Gasteiger partial charge is 0.371 e. The lowest BCUT2D eigenvalue weighted by Crippen LogP contribution is -2.20. The maximum Gasteiger partial charge on any atom is 0.201 e. The van der Waals surface area contributed by atoms with Gasteiger partial charge in [0.25, 0.3) is 0 Å². The number of fused-ring (bicyclic) bond motifs is 3. The maximum atomic E-state index is 5.28. The standard InChI is InChI=1S/C11H11N3S/c15-11-13-9-5-2-1-4-8(9)10-12-6-3-7-14(10)11/h1-2,4-5,12H,3,6-7H2. The fourth-order valence-electron chi connectivity index (χ4n) is 2.02. The molecule has 1 aromatic heterocycles. The molecule has 0 aliphatic carbocycles. The van der Waals surface area contributed by atoms with E-state index in [1.165, 1.54) is 0 Å². The first-order chi connectivity index (χ1) is 7.36. The Labute approximate surface area is 92.8 Å². The summed E-state index contributed by atoms with van der Waals surface area (Å²) < 4.78 is 2.76. The van der Waals surface area contributed by atoms with Crippen LogP contribution in [-0.4, -0.2) is 16.1 Å². The van der Waals surface area contributed by atoms with Crippen molar-refractivity contribution in [2.45, 2.75) is 13.0 Å². The number of para-hydroxylation sites is 1. The van der Waals surface area contributed by atoms with Crippen molar-refractivity contribution in [1.82, 2.24) is 9.55 Å². The third-order valence-electron chi connectivity index (χ3n) is 2.73. The first-order valence-corrected chi connectivity index (χ1v) is 5.50. The predicted octanol–water partition coefficient (Wildman–Crippen LogP) is 2.58. The van der Waals surface area contributed by atoms with Crippen molar-refractivity contribution in [3.05, 3.63) is 29.0 Å². The zero-order valence-electron chi connectivity index (χ0n) is 8.23. The van der Waals surface area contributed by atoms with E-state index in [2.05, 4.69) is 20.9 Å². The van der Waals surface area contributed by atoms with Crippen LogP contribution in [0.2, 0.25) is 0 Å². The Morgan fingerprint density at radius 1 is 1.33 bits per heavy atom. The van der Waals surface area contributed by atoms with Crippen LogP contribution in [0.4, 0.5) is 5.82 Å². The Morgan fingerprint density at radius 2 is 2.20 bits per heavy atom. The van der Waals surface area contributed by atoms with Gasteiger partial charge < -0.3 is 9.88 Å². The van der Waals surface area contributed by atoms with Crippen LogP contribution < -0.4 is 5.32 Å². The number of anilines is 1. The van der Waals surface area contributed by atoms with Gasteiger partial charge in [-0.1, -0.05) is 12.1 Å². The minimum atomic E-state index is 0.677. The average Bonchev–Trinajstić information content (AvgIpc) is 2.30. The van der Waals surface area contributed by atoms with Crippen LogP contribution >= 0.6 is 12.2 Å². The molecule has 3 rings (SSSR count). The normalized spacial score (nSPS) is 14.7. The van der Waals surface area contributed by atoms with Crippen LogP contribution in [0.3, 0.4) is 0 Å². The van der Waals surface area contributed by atoms with E-state index in [-0.39, 0.29) is 0 Å². The van der Waals surface area contributed by atoms with Crippen molar-refractivity contribution in [3.8, 4) is 0 Å². The van der Waals surface area contributed by atoms with Crippen molar-refractivity contribution in [2.24, 2.45) is 0 Å². The van der Waals surface area contributed by atoms with Crippen LogP contribution in [0.5, 0.6) is 0 Å². The molecule has 1 aromatic carbocycles. The Morgan fingerprint density at radius 3 is 3.13 bits per heavy atom. The number of nitrogens with one attached hydrogen (secondary N) is 1. The molecular formula is C11H11N3S. The fraction of sp³-hybridized carbons (Fsp3) is 0.273. The van der Waals surface area contributed by atoms with E-state index in [1.54, 1.807) is 0 Å². The molecule has 0 radical (unpaired) electrons. The van der Waals surface area contributed by atoms with Crippen LogP contribution in [0.1, 0.15) is 6.42 Å². The molecule has 0 saturated carbocycles. The number of hydrogen-bond donors (Lipinski definition) is 1. The van der Waals surface area contributed by atoms with Gasteiger partial charge in [0, 0.05) is 18.5 Å². The molecular weight excluding hydrogens is 206 g/mol. The minimum Gasteiger partial charge on any atom is -0.371 e. The third-order valence-corrected chi connectivity index (χ3v) is 3.04. The lowest BCUT2D eigenvalue weighted by atomic mass is 10.2. The molecule has 1 aliphatic rings. The summed E-state index contributed by atoms with van der Waals surface area (Å²) in [5, 5.41) is 4.56. The molecule has 2 aromatic rings. The minimum absolute atomic E-state index is 0.677.